The molecule has 0 amide bonds. The van der Waals surface area contributed by atoms with Crippen LogP contribution in [-0.4, -0.2) is 11.9 Å². The van der Waals surface area contributed by atoms with E-state index in [0.717, 1.165) is 11.3 Å². The van der Waals surface area contributed by atoms with Crippen LogP contribution in [0.15, 0.2) is 18.2 Å². The molecule has 0 N–H and O–H groups in total. The Kier molecular flexibility index (Phi) is 3.22. The highest BCUT2D eigenvalue weighted by Gasteiger charge is 2.49. The lowest BCUT2D eigenvalue weighted by Gasteiger charge is -2.42. The summed E-state index contributed by atoms with van der Waals surface area (Å²) in [6.07, 6.45) is 0.560. The standard InChI is InChI=1S/C16H22O2/c1-10(2)12-7-6-11(3)13(8-12)18-15-9-14(17)16(15,4)5/h6-8,10,15H,9H2,1-5H3. The Morgan fingerprint density at radius 1 is 1.33 bits per heavy atom. The van der Waals surface area contributed by atoms with Crippen LogP contribution in [-0.2, 0) is 4.79 Å². The molecule has 0 aromatic heterocycles. The SMILES string of the molecule is Cc1ccc(C(C)C)cc1OC1CC(=O)C1(C)C. The van der Waals surface area contributed by atoms with Crippen molar-refractivity contribution in [2.45, 2.75) is 53.1 Å². The number of carbonyl (C=O) groups excluding carboxylic acids is 1. The number of hydrogen-bond donors (Lipinski definition) is 0. The van der Waals surface area contributed by atoms with Crippen molar-refractivity contribution in [1.29, 1.82) is 0 Å². The van der Waals surface area contributed by atoms with Gasteiger partial charge in [0.2, 0.25) is 0 Å². The first-order valence-electron chi connectivity index (χ1n) is 6.63. The van der Waals surface area contributed by atoms with Gasteiger partial charge in [0.25, 0.3) is 0 Å². The molecule has 1 fully saturated rings. The van der Waals surface area contributed by atoms with Gasteiger partial charge in [-0.1, -0.05) is 26.0 Å². The second-order valence-electron chi connectivity index (χ2n) is 6.14. The van der Waals surface area contributed by atoms with Gasteiger partial charge in [-0.05, 0) is 43.9 Å². The first-order valence-corrected chi connectivity index (χ1v) is 6.63. The fraction of sp³-hybridized carbons (Fsp3) is 0.562. The van der Waals surface area contributed by atoms with Gasteiger partial charge in [0, 0.05) is 6.42 Å². The predicted octanol–water partition coefficient (Wildman–Crippen LogP) is 3.86. The van der Waals surface area contributed by atoms with Crippen LogP contribution in [0.3, 0.4) is 0 Å². The second kappa shape index (κ2) is 4.42. The lowest BCUT2D eigenvalue weighted by Crippen LogP contribution is -2.53. The second-order valence-corrected chi connectivity index (χ2v) is 6.14. The Morgan fingerprint density at radius 2 is 2.00 bits per heavy atom. The van der Waals surface area contributed by atoms with Crippen molar-refractivity contribution in [2.24, 2.45) is 5.41 Å². The van der Waals surface area contributed by atoms with Crippen molar-refractivity contribution in [1.82, 2.24) is 0 Å². The van der Waals surface area contributed by atoms with E-state index in [0.29, 0.717) is 18.1 Å². The van der Waals surface area contributed by atoms with Crippen molar-refractivity contribution < 1.29 is 9.53 Å². The van der Waals surface area contributed by atoms with E-state index in [-0.39, 0.29) is 11.5 Å². The minimum absolute atomic E-state index is 0.0195. The summed E-state index contributed by atoms with van der Waals surface area (Å²) < 4.78 is 6.04. The molecule has 1 aliphatic carbocycles. The van der Waals surface area contributed by atoms with Crippen LogP contribution in [0.2, 0.25) is 0 Å². The Hall–Kier alpha value is -1.31. The number of benzene rings is 1. The Bertz CT molecular complexity index is 472. The first kappa shape index (κ1) is 13.1. The van der Waals surface area contributed by atoms with Gasteiger partial charge in [0.1, 0.15) is 17.6 Å². The van der Waals surface area contributed by atoms with Crippen LogP contribution in [0.4, 0.5) is 0 Å². The summed E-state index contributed by atoms with van der Waals surface area (Å²) in [6.45, 7) is 10.3. The maximum Gasteiger partial charge on any atom is 0.145 e. The Balaban J connectivity index is 2.19. The van der Waals surface area contributed by atoms with E-state index in [1.54, 1.807) is 0 Å². The summed E-state index contributed by atoms with van der Waals surface area (Å²) in [4.78, 5) is 11.5. The first-order chi connectivity index (χ1) is 8.32. The molecule has 0 bridgehead atoms. The average Bonchev–Trinajstić information content (AvgIpc) is 2.30. The van der Waals surface area contributed by atoms with Gasteiger partial charge in [-0.3, -0.25) is 4.79 Å². The average molecular weight is 246 g/mol. The monoisotopic (exact) mass is 246 g/mol. The third-order valence-electron chi connectivity index (χ3n) is 4.04. The van der Waals surface area contributed by atoms with Crippen LogP contribution < -0.4 is 4.74 Å². The summed E-state index contributed by atoms with van der Waals surface area (Å²) >= 11 is 0. The Labute approximate surface area is 109 Å². The third kappa shape index (κ3) is 2.16. The molecule has 1 atom stereocenters. The fourth-order valence-corrected chi connectivity index (χ4v) is 2.18. The molecular weight excluding hydrogens is 224 g/mol. The molecule has 2 rings (SSSR count). The molecule has 1 aromatic carbocycles. The van der Waals surface area contributed by atoms with Gasteiger partial charge in [-0.25, -0.2) is 0 Å². The lowest BCUT2D eigenvalue weighted by atomic mass is 9.68. The van der Waals surface area contributed by atoms with Crippen molar-refractivity contribution in [3.8, 4) is 5.75 Å². The van der Waals surface area contributed by atoms with E-state index in [9.17, 15) is 4.79 Å². The highest BCUT2D eigenvalue weighted by Crippen LogP contribution is 2.40. The minimum Gasteiger partial charge on any atom is -0.489 e. The number of ketones is 1. The van der Waals surface area contributed by atoms with E-state index < -0.39 is 0 Å². The molecule has 1 aromatic rings. The van der Waals surface area contributed by atoms with Gasteiger partial charge in [0.15, 0.2) is 0 Å². The van der Waals surface area contributed by atoms with Crippen LogP contribution >= 0.6 is 0 Å². The summed E-state index contributed by atoms with van der Waals surface area (Å²) in [5, 5.41) is 0. The zero-order valence-electron chi connectivity index (χ0n) is 11.9. The van der Waals surface area contributed by atoms with Gasteiger partial charge < -0.3 is 4.74 Å². The summed E-state index contributed by atoms with van der Waals surface area (Å²) in [5.74, 6) is 1.71. The largest absolute Gasteiger partial charge is 0.489 e. The summed E-state index contributed by atoms with van der Waals surface area (Å²) in [7, 11) is 0. The molecule has 0 aliphatic heterocycles. The molecule has 18 heavy (non-hydrogen) atoms. The number of carbonyl (C=O) groups is 1. The summed E-state index contributed by atoms with van der Waals surface area (Å²) in [5.41, 5.74) is 2.08. The molecule has 0 heterocycles. The van der Waals surface area contributed by atoms with Crippen LogP contribution in [0.1, 0.15) is 51.2 Å². The van der Waals surface area contributed by atoms with E-state index in [2.05, 4.69) is 32.0 Å². The van der Waals surface area contributed by atoms with Crippen molar-refractivity contribution in [3.05, 3.63) is 29.3 Å². The van der Waals surface area contributed by atoms with Gasteiger partial charge >= 0.3 is 0 Å². The molecule has 98 valence electrons. The Morgan fingerprint density at radius 3 is 2.50 bits per heavy atom. The molecule has 0 radical (unpaired) electrons. The van der Waals surface area contributed by atoms with Gasteiger partial charge in [0.05, 0.1) is 5.41 Å². The molecular formula is C16H22O2. The fourth-order valence-electron chi connectivity index (χ4n) is 2.18. The highest BCUT2D eigenvalue weighted by atomic mass is 16.5. The van der Waals surface area contributed by atoms with Gasteiger partial charge in [-0.15, -0.1) is 0 Å². The van der Waals surface area contributed by atoms with Crippen molar-refractivity contribution in [2.75, 3.05) is 0 Å². The quantitative estimate of drug-likeness (QED) is 0.809. The number of aryl methyl sites for hydroxylation is 1. The lowest BCUT2D eigenvalue weighted by molar-refractivity contribution is -0.148. The maximum absolute atomic E-state index is 11.5. The zero-order valence-corrected chi connectivity index (χ0v) is 11.9. The topological polar surface area (TPSA) is 26.3 Å². The molecule has 0 saturated heterocycles. The minimum atomic E-state index is -0.333. The molecule has 2 nitrogen and oxygen atoms in total. The number of hydrogen-bond acceptors (Lipinski definition) is 2. The highest BCUT2D eigenvalue weighted by molar-refractivity contribution is 5.91. The van der Waals surface area contributed by atoms with Gasteiger partial charge in [-0.2, -0.15) is 0 Å². The normalized spacial score (nSPS) is 21.9. The van der Waals surface area contributed by atoms with E-state index in [1.807, 2.05) is 20.8 Å². The number of ether oxygens (including phenoxy) is 1. The molecule has 1 saturated carbocycles. The van der Waals surface area contributed by atoms with E-state index in [4.69, 9.17) is 4.74 Å². The van der Waals surface area contributed by atoms with E-state index >= 15 is 0 Å². The van der Waals surface area contributed by atoms with Crippen molar-refractivity contribution >= 4 is 5.78 Å². The smallest absolute Gasteiger partial charge is 0.145 e. The molecule has 2 heteroatoms. The number of Topliss-reactive ketones (excluding diaryl/α,β-unsaturated/α-hetero) is 1. The summed E-state index contributed by atoms with van der Waals surface area (Å²) in [6, 6.07) is 6.35. The van der Waals surface area contributed by atoms with Crippen molar-refractivity contribution in [3.63, 3.8) is 0 Å². The van der Waals surface area contributed by atoms with Crippen LogP contribution in [0.25, 0.3) is 0 Å². The molecule has 1 unspecified atom stereocenters. The molecule has 1 aliphatic rings. The predicted molar refractivity (Wildman–Crippen MR) is 73.1 cm³/mol. The third-order valence-corrected chi connectivity index (χ3v) is 4.04. The zero-order chi connectivity index (χ0) is 13.5. The van der Waals surface area contributed by atoms with Crippen LogP contribution in [0.5, 0.6) is 5.75 Å². The van der Waals surface area contributed by atoms with Crippen LogP contribution in [0, 0.1) is 12.3 Å². The maximum atomic E-state index is 11.5. The van der Waals surface area contributed by atoms with E-state index in [1.165, 1.54) is 5.56 Å². The molecule has 0 spiro atoms. The number of rotatable bonds is 3.